The van der Waals surface area contributed by atoms with Crippen LogP contribution >= 0.6 is 0 Å². The third-order valence-electron chi connectivity index (χ3n) is 21.8. The monoisotopic (exact) mass is 1210 g/mol. The Kier molecular flexibility index (Phi) is 10.7. The average Bonchev–Trinajstić information content (AvgIpc) is 1.47. The zero-order valence-corrected chi connectivity index (χ0v) is 53.3. The second-order valence-corrected chi connectivity index (χ2v) is 28.6. The summed E-state index contributed by atoms with van der Waals surface area (Å²) in [5.41, 5.74) is 29.5. The van der Waals surface area contributed by atoms with Crippen molar-refractivity contribution in [3.8, 4) is 50.9 Å². The van der Waals surface area contributed by atoms with Crippen molar-refractivity contribution >= 4 is 79.0 Å². The van der Waals surface area contributed by atoms with Crippen molar-refractivity contribution < 1.29 is 9.47 Å². The van der Waals surface area contributed by atoms with Gasteiger partial charge in [0, 0.05) is 28.4 Å². The quantitative estimate of drug-likeness (QED) is 0.165. The van der Waals surface area contributed by atoms with E-state index < -0.39 is 10.8 Å². The Morgan fingerprint density at radius 1 is 0.298 bits per heavy atom. The number of nitrogens with zero attached hydrogens (tertiary/aromatic N) is 3. The van der Waals surface area contributed by atoms with Gasteiger partial charge in [0.05, 0.1) is 61.7 Å². The van der Waals surface area contributed by atoms with Gasteiger partial charge in [0.25, 0.3) is 6.71 Å². The molecule has 1 aromatic heterocycles. The van der Waals surface area contributed by atoms with Crippen molar-refractivity contribution in [1.29, 1.82) is 0 Å². The Labute approximate surface area is 548 Å². The maximum Gasteiger partial charge on any atom is 0.260 e. The SMILES string of the molecule is CC(C)(C)c1ccc2c(c1)B1c3cc(C(C)(C)C)ccc3Oc3cc(-n4c5c(N6c7ccccc7C7(c8ccccc8-c8ccccc87)c7ccccc76)cccc5c5cccc(N6c7ccccc7C7(c8ccccc8-c8ccccc87)c7ccccc76)c54)cc(c31)O2. The van der Waals surface area contributed by atoms with Gasteiger partial charge in [-0.25, -0.2) is 0 Å². The van der Waals surface area contributed by atoms with Crippen LogP contribution < -0.4 is 35.7 Å². The summed E-state index contributed by atoms with van der Waals surface area (Å²) >= 11 is 0. The van der Waals surface area contributed by atoms with E-state index in [9.17, 15) is 0 Å². The number of ether oxygens (including phenoxy) is 2. The topological polar surface area (TPSA) is 29.9 Å². The lowest BCUT2D eigenvalue weighted by Gasteiger charge is -2.45. The molecule has 0 N–H and O–H groups in total. The number of benzene rings is 13. The molecule has 0 unspecified atom stereocenters. The summed E-state index contributed by atoms with van der Waals surface area (Å²) in [6.07, 6.45) is 0. The van der Waals surface area contributed by atoms with Crippen molar-refractivity contribution in [2.24, 2.45) is 0 Å². The number of hydrogen-bond donors (Lipinski definition) is 0. The smallest absolute Gasteiger partial charge is 0.260 e. The molecule has 94 heavy (non-hydrogen) atoms. The summed E-state index contributed by atoms with van der Waals surface area (Å²) in [5.74, 6) is 3.30. The van der Waals surface area contributed by atoms with E-state index >= 15 is 0 Å². The number of rotatable bonds is 3. The van der Waals surface area contributed by atoms with Crippen molar-refractivity contribution in [3.63, 3.8) is 0 Å². The van der Waals surface area contributed by atoms with E-state index in [1.807, 2.05) is 0 Å². The molecule has 0 atom stereocenters. The zero-order chi connectivity index (χ0) is 62.7. The van der Waals surface area contributed by atoms with E-state index in [0.29, 0.717) is 0 Å². The normalized spacial score (nSPS) is 15.0. The highest BCUT2D eigenvalue weighted by atomic mass is 16.5. The summed E-state index contributed by atoms with van der Waals surface area (Å²) < 4.78 is 17.5. The van der Waals surface area contributed by atoms with Crippen LogP contribution in [0.15, 0.2) is 279 Å². The van der Waals surface area contributed by atoms with E-state index in [2.05, 4.69) is 335 Å². The van der Waals surface area contributed by atoms with Gasteiger partial charge in [0.15, 0.2) is 0 Å². The van der Waals surface area contributed by atoms with Gasteiger partial charge < -0.3 is 23.8 Å². The highest BCUT2D eigenvalue weighted by molar-refractivity contribution is 6.98. The van der Waals surface area contributed by atoms with Gasteiger partial charge in [-0.3, -0.25) is 0 Å². The number of hydrogen-bond acceptors (Lipinski definition) is 4. The third-order valence-corrected chi connectivity index (χ3v) is 21.8. The van der Waals surface area contributed by atoms with E-state index in [1.165, 1.54) is 77.9 Å². The summed E-state index contributed by atoms with van der Waals surface area (Å²) in [6.45, 7) is 13.6. The van der Waals surface area contributed by atoms with Crippen LogP contribution in [0.25, 0.3) is 49.7 Å². The van der Waals surface area contributed by atoms with Gasteiger partial charge in [-0.1, -0.05) is 260 Å². The number of anilines is 6. The fraction of sp³-hybridized carbons (Fsp3) is 0.114. The molecule has 446 valence electrons. The molecule has 20 rings (SSSR count). The molecule has 0 bridgehead atoms. The molecule has 0 radical (unpaired) electrons. The number of fused-ring (bicyclic) bond motifs is 25. The average molecular weight is 1210 g/mol. The second-order valence-electron chi connectivity index (χ2n) is 28.6. The molecule has 6 heteroatoms. The summed E-state index contributed by atoms with van der Waals surface area (Å²) in [7, 11) is 0. The Morgan fingerprint density at radius 2 is 0.606 bits per heavy atom. The Hall–Kier alpha value is -11.1. The zero-order valence-electron chi connectivity index (χ0n) is 53.3. The molecule has 5 heterocycles. The largest absolute Gasteiger partial charge is 0.458 e. The van der Waals surface area contributed by atoms with E-state index in [4.69, 9.17) is 9.47 Å². The van der Waals surface area contributed by atoms with Crippen molar-refractivity contribution in [2.75, 3.05) is 9.80 Å². The molecule has 6 aliphatic rings. The maximum atomic E-state index is 7.45. The summed E-state index contributed by atoms with van der Waals surface area (Å²) in [4.78, 5) is 5.14. The van der Waals surface area contributed by atoms with Crippen molar-refractivity contribution in [2.45, 2.75) is 63.2 Å². The molecular weight excluding hydrogens is 1140 g/mol. The Morgan fingerprint density at radius 3 is 0.947 bits per heavy atom. The van der Waals surface area contributed by atoms with Gasteiger partial charge in [0.1, 0.15) is 23.0 Å². The molecule has 0 fully saturated rings. The van der Waals surface area contributed by atoms with Crippen LogP contribution in [-0.4, -0.2) is 11.3 Å². The molecule has 4 aliphatic heterocycles. The molecular formula is C88H64BN3O2. The minimum Gasteiger partial charge on any atom is -0.458 e. The maximum absolute atomic E-state index is 7.45. The fourth-order valence-corrected chi connectivity index (χ4v) is 17.9. The van der Waals surface area contributed by atoms with Crippen LogP contribution in [0.5, 0.6) is 23.0 Å². The first-order chi connectivity index (χ1) is 45.9. The van der Waals surface area contributed by atoms with Crippen LogP contribution in [-0.2, 0) is 21.7 Å². The van der Waals surface area contributed by atoms with Crippen LogP contribution in [0.1, 0.15) is 97.2 Å². The predicted octanol–water partition coefficient (Wildman–Crippen LogP) is 20.4. The van der Waals surface area contributed by atoms with Crippen LogP contribution in [0.4, 0.5) is 34.1 Å². The van der Waals surface area contributed by atoms with Gasteiger partial charge in [-0.15, -0.1) is 0 Å². The molecule has 5 nitrogen and oxygen atoms in total. The van der Waals surface area contributed by atoms with Crippen LogP contribution in [0, 0.1) is 0 Å². The lowest BCUT2D eigenvalue weighted by Crippen LogP contribution is -2.57. The van der Waals surface area contributed by atoms with E-state index in [0.717, 1.165) is 101 Å². The highest BCUT2D eigenvalue weighted by Gasteiger charge is 2.54. The first kappa shape index (κ1) is 53.6. The highest BCUT2D eigenvalue weighted by Crippen LogP contribution is 2.66. The minimum absolute atomic E-state index is 0.0840. The van der Waals surface area contributed by atoms with Crippen LogP contribution in [0.2, 0.25) is 0 Å². The van der Waals surface area contributed by atoms with Gasteiger partial charge >= 0.3 is 0 Å². The first-order valence-corrected chi connectivity index (χ1v) is 33.2. The van der Waals surface area contributed by atoms with Crippen LogP contribution in [0.3, 0.4) is 0 Å². The second kappa shape index (κ2) is 18.8. The Bertz CT molecular complexity index is 5130. The minimum atomic E-state index is -0.586. The summed E-state index contributed by atoms with van der Waals surface area (Å²) in [5, 5.41) is 2.25. The summed E-state index contributed by atoms with van der Waals surface area (Å²) in [6, 6.07) is 105. The molecule has 14 aromatic rings. The molecule has 2 aliphatic carbocycles. The standard InChI is InChI=1S/C88H64BN3O2/c1-85(2,3)53-45-47-78-70(49-53)89-71-50-54(86(4,5)6)46-48-79(71)94-81-52-55(51-80(93-78)82(81)89)90-83-60(29-23-43-76(83)91-72-39-19-15-35-66(72)87(67-36-16-20-40-73(67)91)62-31-11-7-25-56(62)57-26-8-12-32-63(57)87)61-30-24-44-77(84(61)90)92-74-41-21-17-37-68(74)88(69-38-18-22-42-75(69)92)64-33-13-9-27-58(64)59-28-10-14-34-65(59)88/h7-52H,1-6H3. The fourth-order valence-electron chi connectivity index (χ4n) is 17.9. The molecule has 13 aromatic carbocycles. The van der Waals surface area contributed by atoms with Gasteiger partial charge in [0.2, 0.25) is 0 Å². The molecule has 0 amide bonds. The molecule has 0 saturated carbocycles. The lowest BCUT2D eigenvalue weighted by atomic mass is 9.34. The predicted molar refractivity (Wildman–Crippen MR) is 387 cm³/mol. The Balaban J connectivity index is 0.896. The molecule has 2 spiro atoms. The number of para-hydroxylation sites is 6. The van der Waals surface area contributed by atoms with E-state index in [1.54, 1.807) is 0 Å². The number of aromatic nitrogens is 1. The van der Waals surface area contributed by atoms with Crippen molar-refractivity contribution in [1.82, 2.24) is 4.57 Å². The van der Waals surface area contributed by atoms with Crippen molar-refractivity contribution in [3.05, 3.63) is 335 Å². The van der Waals surface area contributed by atoms with Gasteiger partial charge in [-0.05, 0) is 148 Å². The van der Waals surface area contributed by atoms with Gasteiger partial charge in [-0.2, -0.15) is 0 Å². The lowest BCUT2D eigenvalue weighted by molar-refractivity contribution is 0.463. The first-order valence-electron chi connectivity index (χ1n) is 33.2. The van der Waals surface area contributed by atoms with E-state index in [-0.39, 0.29) is 17.5 Å². The molecule has 0 saturated heterocycles. The third kappa shape index (κ3) is 6.84.